The van der Waals surface area contributed by atoms with Crippen LogP contribution in [0, 0.1) is 16.7 Å². The molecular formula is C23H24ClN3O2S. The number of ether oxygens (including phenoxy) is 2. The van der Waals surface area contributed by atoms with Crippen LogP contribution in [0.15, 0.2) is 53.7 Å². The Kier molecular flexibility index (Phi) is 6.55. The number of hydrogen-bond donors (Lipinski definition) is 2. The summed E-state index contributed by atoms with van der Waals surface area (Å²) < 4.78 is 11.5. The molecule has 1 aliphatic heterocycles. The van der Waals surface area contributed by atoms with Gasteiger partial charge in [0.15, 0.2) is 16.6 Å². The Morgan fingerprint density at radius 2 is 1.83 bits per heavy atom. The monoisotopic (exact) mass is 441 g/mol. The van der Waals surface area contributed by atoms with Gasteiger partial charge in [0.25, 0.3) is 0 Å². The first-order chi connectivity index (χ1) is 14.2. The van der Waals surface area contributed by atoms with Crippen molar-refractivity contribution >= 4 is 28.9 Å². The molecule has 2 aromatic rings. The van der Waals surface area contributed by atoms with Gasteiger partial charge in [-0.25, -0.2) is 0 Å². The van der Waals surface area contributed by atoms with Crippen LogP contribution in [0.1, 0.15) is 37.9 Å². The van der Waals surface area contributed by atoms with Gasteiger partial charge in [-0.05, 0) is 47.6 Å². The van der Waals surface area contributed by atoms with E-state index in [0.29, 0.717) is 33.8 Å². The SMILES string of the molecule is COc1cc([C@@H]2NC(=S)NC(C(C)(C)C)=C2C#N)ccc1OCc1ccc(Cl)cc1. The average molecular weight is 442 g/mol. The van der Waals surface area contributed by atoms with Crippen LogP contribution in [-0.4, -0.2) is 12.2 Å². The Morgan fingerprint density at radius 3 is 2.43 bits per heavy atom. The van der Waals surface area contributed by atoms with E-state index in [9.17, 15) is 5.26 Å². The lowest BCUT2D eigenvalue weighted by Crippen LogP contribution is -2.46. The minimum atomic E-state index is -0.364. The predicted molar refractivity (Wildman–Crippen MR) is 122 cm³/mol. The Hall–Kier alpha value is -2.75. The van der Waals surface area contributed by atoms with Crippen molar-refractivity contribution in [3.05, 3.63) is 69.9 Å². The third-order valence-electron chi connectivity index (χ3n) is 4.77. The number of hydrogen-bond acceptors (Lipinski definition) is 4. The van der Waals surface area contributed by atoms with Crippen LogP contribution in [0.25, 0.3) is 0 Å². The number of methoxy groups -OCH3 is 1. The number of thiocarbonyl (C=S) groups is 1. The molecule has 1 heterocycles. The van der Waals surface area contributed by atoms with E-state index in [1.165, 1.54) is 0 Å². The molecule has 3 rings (SSSR count). The molecule has 0 fully saturated rings. The van der Waals surface area contributed by atoms with Crippen molar-refractivity contribution in [3.63, 3.8) is 0 Å². The van der Waals surface area contributed by atoms with Gasteiger partial charge < -0.3 is 20.1 Å². The molecule has 0 spiro atoms. The largest absolute Gasteiger partial charge is 0.493 e. The highest BCUT2D eigenvalue weighted by Gasteiger charge is 2.32. The second-order valence-electron chi connectivity index (χ2n) is 8.01. The molecule has 0 aliphatic carbocycles. The first-order valence-corrected chi connectivity index (χ1v) is 10.3. The van der Waals surface area contributed by atoms with E-state index >= 15 is 0 Å². The van der Waals surface area contributed by atoms with Crippen LogP contribution in [0.5, 0.6) is 11.5 Å². The molecule has 1 atom stereocenters. The maximum Gasteiger partial charge on any atom is 0.171 e. The van der Waals surface area contributed by atoms with Gasteiger partial charge in [0.05, 0.1) is 24.8 Å². The normalized spacial score (nSPS) is 16.4. The summed E-state index contributed by atoms with van der Waals surface area (Å²) in [5.74, 6) is 1.20. The quantitative estimate of drug-likeness (QED) is 0.616. The molecule has 30 heavy (non-hydrogen) atoms. The van der Waals surface area contributed by atoms with Crippen molar-refractivity contribution in [2.45, 2.75) is 33.4 Å². The van der Waals surface area contributed by atoms with Crippen molar-refractivity contribution in [1.82, 2.24) is 10.6 Å². The molecule has 0 bridgehead atoms. The van der Waals surface area contributed by atoms with E-state index in [-0.39, 0.29) is 11.5 Å². The minimum absolute atomic E-state index is 0.249. The topological polar surface area (TPSA) is 66.3 Å². The van der Waals surface area contributed by atoms with Crippen LogP contribution in [-0.2, 0) is 6.61 Å². The first kappa shape index (κ1) is 21.9. The van der Waals surface area contributed by atoms with E-state index in [0.717, 1.165) is 16.8 Å². The lowest BCUT2D eigenvalue weighted by Gasteiger charge is -2.35. The molecule has 0 amide bonds. The third kappa shape index (κ3) is 4.86. The lowest BCUT2D eigenvalue weighted by molar-refractivity contribution is 0.284. The highest BCUT2D eigenvalue weighted by atomic mass is 35.5. The van der Waals surface area contributed by atoms with Crippen LogP contribution >= 0.6 is 23.8 Å². The van der Waals surface area contributed by atoms with Crippen LogP contribution < -0.4 is 20.1 Å². The van der Waals surface area contributed by atoms with Gasteiger partial charge in [-0.2, -0.15) is 5.26 Å². The summed E-state index contributed by atoms with van der Waals surface area (Å²) in [6.45, 7) is 6.53. The molecule has 0 saturated carbocycles. The lowest BCUT2D eigenvalue weighted by atomic mass is 9.84. The zero-order valence-electron chi connectivity index (χ0n) is 17.4. The van der Waals surface area contributed by atoms with Crippen molar-refractivity contribution in [2.24, 2.45) is 5.41 Å². The Balaban J connectivity index is 1.90. The van der Waals surface area contributed by atoms with Gasteiger partial charge in [0, 0.05) is 16.1 Å². The van der Waals surface area contributed by atoms with Gasteiger partial charge in [0.1, 0.15) is 6.61 Å². The maximum absolute atomic E-state index is 9.86. The summed E-state index contributed by atoms with van der Waals surface area (Å²) in [5, 5.41) is 17.4. The molecule has 0 unspecified atom stereocenters. The van der Waals surface area contributed by atoms with E-state index in [1.54, 1.807) is 7.11 Å². The Bertz CT molecular complexity index is 1020. The Labute approximate surface area is 187 Å². The highest BCUT2D eigenvalue weighted by Crippen LogP contribution is 2.37. The predicted octanol–water partition coefficient (Wildman–Crippen LogP) is 5.27. The molecule has 5 nitrogen and oxygen atoms in total. The standard InChI is InChI=1S/C23H24ClN3O2S/c1-23(2,3)21-17(12-25)20(26-22(30)27-21)15-7-10-18(19(11-15)28-4)29-13-14-5-8-16(24)9-6-14/h5-11,20H,13H2,1-4H3,(H2,26,27,30)/t20-/m0/s1. The number of halogens is 1. The van der Waals surface area contributed by atoms with Crippen molar-refractivity contribution < 1.29 is 9.47 Å². The second kappa shape index (κ2) is 8.95. The van der Waals surface area contributed by atoms with Crippen LogP contribution in [0.3, 0.4) is 0 Å². The minimum Gasteiger partial charge on any atom is -0.493 e. The van der Waals surface area contributed by atoms with Crippen molar-refractivity contribution in [2.75, 3.05) is 7.11 Å². The van der Waals surface area contributed by atoms with Gasteiger partial charge in [-0.1, -0.05) is 50.6 Å². The molecule has 2 N–H and O–H groups in total. The number of rotatable bonds is 5. The number of allylic oxidation sites excluding steroid dienone is 1. The van der Waals surface area contributed by atoms with Crippen LogP contribution in [0.2, 0.25) is 5.02 Å². The van der Waals surface area contributed by atoms with E-state index in [4.69, 9.17) is 33.3 Å². The smallest absolute Gasteiger partial charge is 0.171 e. The van der Waals surface area contributed by atoms with Gasteiger partial charge in [-0.3, -0.25) is 0 Å². The Morgan fingerprint density at radius 1 is 1.13 bits per heavy atom. The van der Waals surface area contributed by atoms with E-state index in [2.05, 4.69) is 16.7 Å². The fraction of sp³-hybridized carbons (Fsp3) is 0.304. The van der Waals surface area contributed by atoms with Gasteiger partial charge >= 0.3 is 0 Å². The number of nitrogens with one attached hydrogen (secondary N) is 2. The van der Waals surface area contributed by atoms with Crippen LogP contribution in [0.4, 0.5) is 0 Å². The molecule has 0 aromatic heterocycles. The number of nitrogens with zero attached hydrogens (tertiary/aromatic N) is 1. The summed E-state index contributed by atoms with van der Waals surface area (Å²) in [6.07, 6.45) is 0. The zero-order chi connectivity index (χ0) is 21.9. The summed E-state index contributed by atoms with van der Waals surface area (Å²) in [7, 11) is 1.59. The van der Waals surface area contributed by atoms with Gasteiger partial charge in [-0.15, -0.1) is 0 Å². The van der Waals surface area contributed by atoms with E-state index in [1.807, 2.05) is 63.2 Å². The average Bonchev–Trinajstić information content (AvgIpc) is 2.72. The first-order valence-electron chi connectivity index (χ1n) is 9.50. The molecule has 7 heteroatoms. The number of benzene rings is 2. The highest BCUT2D eigenvalue weighted by molar-refractivity contribution is 7.80. The summed E-state index contributed by atoms with van der Waals surface area (Å²) >= 11 is 11.3. The summed E-state index contributed by atoms with van der Waals surface area (Å²) in [6, 6.07) is 15.1. The molecule has 156 valence electrons. The van der Waals surface area contributed by atoms with Crippen molar-refractivity contribution in [3.8, 4) is 17.6 Å². The maximum atomic E-state index is 9.86. The summed E-state index contributed by atoms with van der Waals surface area (Å²) in [5.41, 5.74) is 3.04. The third-order valence-corrected chi connectivity index (χ3v) is 5.24. The van der Waals surface area contributed by atoms with E-state index < -0.39 is 0 Å². The second-order valence-corrected chi connectivity index (χ2v) is 8.85. The summed E-state index contributed by atoms with van der Waals surface area (Å²) in [4.78, 5) is 0. The number of nitriles is 1. The van der Waals surface area contributed by atoms with Crippen molar-refractivity contribution in [1.29, 1.82) is 5.26 Å². The fourth-order valence-corrected chi connectivity index (χ4v) is 3.60. The fourth-order valence-electron chi connectivity index (χ4n) is 3.25. The molecular weight excluding hydrogens is 418 g/mol. The molecule has 0 radical (unpaired) electrons. The molecule has 2 aromatic carbocycles. The molecule has 1 aliphatic rings. The van der Waals surface area contributed by atoms with Gasteiger partial charge in [0.2, 0.25) is 0 Å². The zero-order valence-corrected chi connectivity index (χ0v) is 18.9. The molecule has 0 saturated heterocycles.